The summed E-state index contributed by atoms with van der Waals surface area (Å²) in [5.41, 5.74) is 0. The molecule has 1 N–H and O–H groups in total. The van der Waals surface area contributed by atoms with Gasteiger partial charge in [-0.05, 0) is 6.42 Å². The van der Waals surface area contributed by atoms with Gasteiger partial charge in [0.25, 0.3) is 0 Å². The van der Waals surface area contributed by atoms with Crippen molar-refractivity contribution in [2.75, 3.05) is 106 Å². The van der Waals surface area contributed by atoms with Crippen LogP contribution in [-0.2, 0) is 42.7 Å². The van der Waals surface area contributed by atoms with Crippen LogP contribution in [0.3, 0.4) is 0 Å². The summed E-state index contributed by atoms with van der Waals surface area (Å²) in [6.07, 6.45) is 17.8. The van der Waals surface area contributed by atoms with Gasteiger partial charge in [0.1, 0.15) is 0 Å². The van der Waals surface area contributed by atoms with Gasteiger partial charge >= 0.3 is 5.97 Å². The number of hydrogen-bond donors (Lipinski definition) is 1. The number of rotatable bonds is 38. The lowest BCUT2D eigenvalue weighted by Crippen LogP contribution is -2.15. The minimum atomic E-state index is -0.865. The maximum absolute atomic E-state index is 10.3. The summed E-state index contributed by atoms with van der Waals surface area (Å²) in [7, 11) is 0. The molecule has 10 nitrogen and oxygen atoms in total. The Balaban J connectivity index is 3.03. The van der Waals surface area contributed by atoms with Gasteiger partial charge in [-0.3, -0.25) is 4.79 Å². The van der Waals surface area contributed by atoms with Gasteiger partial charge < -0.3 is 43.0 Å². The van der Waals surface area contributed by atoms with Gasteiger partial charge in [-0.15, -0.1) is 0 Å². The summed E-state index contributed by atoms with van der Waals surface area (Å²) in [5, 5.41) is 8.48. The molecule has 0 aliphatic rings. The minimum Gasteiger partial charge on any atom is -0.481 e. The van der Waals surface area contributed by atoms with Gasteiger partial charge in [-0.25, -0.2) is 0 Å². The first-order chi connectivity index (χ1) is 20.8. The molecule has 42 heavy (non-hydrogen) atoms. The summed E-state index contributed by atoms with van der Waals surface area (Å²) < 4.78 is 43.5. The molecule has 10 heteroatoms. The fourth-order valence-electron chi connectivity index (χ4n) is 4.02. The first-order valence-corrected chi connectivity index (χ1v) is 16.6. The summed E-state index contributed by atoms with van der Waals surface area (Å²) in [4.78, 5) is 10.3. The number of ether oxygens (including phenoxy) is 8. The van der Waals surface area contributed by atoms with Crippen LogP contribution in [0.2, 0.25) is 0 Å². The molecule has 0 radical (unpaired) electrons. The average molecular weight is 609 g/mol. The van der Waals surface area contributed by atoms with Crippen molar-refractivity contribution >= 4 is 5.97 Å². The van der Waals surface area contributed by atoms with Gasteiger partial charge in [-0.2, -0.15) is 0 Å². The van der Waals surface area contributed by atoms with Crippen LogP contribution in [0.15, 0.2) is 0 Å². The van der Waals surface area contributed by atoms with Crippen molar-refractivity contribution in [3.8, 4) is 0 Å². The zero-order valence-corrected chi connectivity index (χ0v) is 26.8. The van der Waals surface area contributed by atoms with E-state index in [1.165, 1.54) is 77.0 Å². The van der Waals surface area contributed by atoms with E-state index in [0.29, 0.717) is 92.5 Å². The summed E-state index contributed by atoms with van der Waals surface area (Å²) in [5.74, 6) is -0.865. The van der Waals surface area contributed by atoms with E-state index in [1.807, 2.05) is 0 Å². The predicted octanol–water partition coefficient (Wildman–Crippen LogP) is 5.69. The molecule has 0 bridgehead atoms. The highest BCUT2D eigenvalue weighted by atomic mass is 16.6. The molecule has 0 rings (SSSR count). The van der Waals surface area contributed by atoms with Crippen molar-refractivity contribution in [3.05, 3.63) is 0 Å². The second kappa shape index (κ2) is 38.2. The number of aliphatic carboxylic acids is 1. The van der Waals surface area contributed by atoms with Gasteiger partial charge in [0, 0.05) is 6.61 Å². The van der Waals surface area contributed by atoms with Crippen LogP contribution in [0.25, 0.3) is 0 Å². The molecule has 0 atom stereocenters. The van der Waals surface area contributed by atoms with E-state index < -0.39 is 5.97 Å². The Kier molecular flexibility index (Phi) is 37.4. The Labute approximate surface area is 256 Å². The first kappa shape index (κ1) is 41.1. The van der Waals surface area contributed by atoms with Crippen molar-refractivity contribution in [2.24, 2.45) is 0 Å². The Morgan fingerprint density at radius 3 is 0.881 bits per heavy atom. The monoisotopic (exact) mass is 608 g/mol. The van der Waals surface area contributed by atoms with Crippen LogP contribution in [0, 0.1) is 0 Å². The molecule has 0 unspecified atom stereocenters. The molecule has 0 aliphatic heterocycles. The maximum Gasteiger partial charge on any atom is 0.305 e. The summed E-state index contributed by atoms with van der Waals surface area (Å²) in [6, 6.07) is 0. The van der Waals surface area contributed by atoms with Crippen molar-refractivity contribution in [1.82, 2.24) is 0 Å². The molecule has 0 fully saturated rings. The highest BCUT2D eigenvalue weighted by Crippen LogP contribution is 2.12. The number of carboxylic acid groups (broad SMARTS) is 1. The third-order valence-corrected chi connectivity index (χ3v) is 6.46. The highest BCUT2D eigenvalue weighted by molar-refractivity contribution is 5.66. The molecule has 0 spiro atoms. The van der Waals surface area contributed by atoms with Crippen LogP contribution in [0.5, 0.6) is 0 Å². The fourth-order valence-corrected chi connectivity index (χ4v) is 4.02. The number of carbonyl (C=O) groups is 1. The van der Waals surface area contributed by atoms with Gasteiger partial charge in [0.2, 0.25) is 0 Å². The third kappa shape index (κ3) is 39.1. The quantitative estimate of drug-likeness (QED) is 0.0878. The van der Waals surface area contributed by atoms with Crippen LogP contribution < -0.4 is 0 Å². The van der Waals surface area contributed by atoms with Crippen molar-refractivity contribution in [3.63, 3.8) is 0 Å². The molecular weight excluding hydrogens is 544 g/mol. The average Bonchev–Trinajstić information content (AvgIpc) is 2.98. The Morgan fingerprint density at radius 1 is 0.357 bits per heavy atom. The number of hydrogen-bond acceptors (Lipinski definition) is 9. The molecule has 0 aliphatic carbocycles. The number of carboxylic acids is 1. The van der Waals surface area contributed by atoms with E-state index in [-0.39, 0.29) is 13.0 Å². The van der Waals surface area contributed by atoms with Crippen LogP contribution in [0.4, 0.5) is 0 Å². The first-order valence-electron chi connectivity index (χ1n) is 16.6. The standard InChI is InChI=1S/C32H64O10/c1-2-3-4-5-6-7-8-9-10-11-12-13-14-16-35-18-20-37-22-24-39-26-28-41-30-31-42-29-27-40-25-23-38-21-19-36-17-15-32(33)34/h2-31H2,1H3,(H,33,34). The molecule has 0 heterocycles. The van der Waals surface area contributed by atoms with E-state index in [4.69, 9.17) is 43.0 Å². The topological polar surface area (TPSA) is 111 Å². The van der Waals surface area contributed by atoms with Crippen molar-refractivity contribution in [1.29, 1.82) is 0 Å². The van der Waals surface area contributed by atoms with Crippen LogP contribution in [0.1, 0.15) is 96.8 Å². The zero-order chi connectivity index (χ0) is 30.4. The molecule has 0 aromatic rings. The van der Waals surface area contributed by atoms with E-state index in [2.05, 4.69) is 6.92 Å². The van der Waals surface area contributed by atoms with Crippen molar-refractivity contribution in [2.45, 2.75) is 96.8 Å². The third-order valence-electron chi connectivity index (χ3n) is 6.46. The lowest BCUT2D eigenvalue weighted by Gasteiger charge is -2.08. The predicted molar refractivity (Wildman–Crippen MR) is 164 cm³/mol. The second-order valence-corrected chi connectivity index (χ2v) is 10.3. The summed E-state index contributed by atoms with van der Waals surface area (Å²) >= 11 is 0. The molecular formula is C32H64O10. The zero-order valence-electron chi connectivity index (χ0n) is 26.8. The molecule has 0 saturated heterocycles. The SMILES string of the molecule is CCCCCCCCCCCCCCCOCCOCCOCCOCCOCCOCCOCCOCCC(=O)O. The van der Waals surface area contributed by atoms with Crippen molar-refractivity contribution < 1.29 is 47.8 Å². The summed E-state index contributed by atoms with van der Waals surface area (Å²) in [6.45, 7) is 10.5. The van der Waals surface area contributed by atoms with Crippen LogP contribution >= 0.6 is 0 Å². The number of unbranched alkanes of at least 4 members (excludes halogenated alkanes) is 12. The Hall–Kier alpha value is -0.850. The minimum absolute atomic E-state index is 0.00747. The van der Waals surface area contributed by atoms with E-state index in [1.54, 1.807) is 0 Å². The normalized spacial score (nSPS) is 11.5. The molecule has 252 valence electrons. The van der Waals surface area contributed by atoms with E-state index in [9.17, 15) is 4.79 Å². The Morgan fingerprint density at radius 2 is 0.595 bits per heavy atom. The van der Waals surface area contributed by atoms with Crippen LogP contribution in [-0.4, -0.2) is 117 Å². The van der Waals surface area contributed by atoms with Gasteiger partial charge in [0.15, 0.2) is 0 Å². The Bertz CT molecular complexity index is 510. The lowest BCUT2D eigenvalue weighted by molar-refractivity contribution is -0.138. The highest BCUT2D eigenvalue weighted by Gasteiger charge is 1.98. The molecule has 0 saturated carbocycles. The van der Waals surface area contributed by atoms with Gasteiger partial charge in [-0.1, -0.05) is 84.0 Å². The van der Waals surface area contributed by atoms with Gasteiger partial charge in [0.05, 0.1) is 106 Å². The molecule has 0 aromatic heterocycles. The lowest BCUT2D eigenvalue weighted by atomic mass is 10.0. The van der Waals surface area contributed by atoms with E-state index in [0.717, 1.165) is 13.0 Å². The molecule has 0 aromatic carbocycles. The second-order valence-electron chi connectivity index (χ2n) is 10.3. The fraction of sp³-hybridized carbons (Fsp3) is 0.969. The largest absolute Gasteiger partial charge is 0.481 e. The maximum atomic E-state index is 10.3. The smallest absolute Gasteiger partial charge is 0.305 e. The molecule has 0 amide bonds. The van der Waals surface area contributed by atoms with E-state index >= 15 is 0 Å².